The minimum Gasteiger partial charge on any atom is -0.381 e. The van der Waals surface area contributed by atoms with Crippen molar-refractivity contribution in [2.24, 2.45) is 10.9 Å². The van der Waals surface area contributed by atoms with Crippen LogP contribution in [0.1, 0.15) is 44.1 Å². The second-order valence-electron chi connectivity index (χ2n) is 7.36. The standard InChI is InChI=1S/C21H32FN3O2/c1-2-23-21(24-10-5-11-27-15-16-8-12-26-13-9-16)25-20-14-18(20)17-6-3-4-7-19(17)22/h3-4,6-7,16,18,20H,2,5,8-15H2,1H3,(H2,23,24,25). The quantitative estimate of drug-likeness (QED) is 0.395. The molecule has 1 aliphatic carbocycles. The van der Waals surface area contributed by atoms with E-state index in [0.717, 1.165) is 76.7 Å². The average Bonchev–Trinajstić information content (AvgIpc) is 3.44. The number of ether oxygens (including phenoxy) is 2. The van der Waals surface area contributed by atoms with E-state index in [0.29, 0.717) is 5.92 Å². The second-order valence-corrected chi connectivity index (χ2v) is 7.36. The number of guanidine groups is 1. The molecule has 6 heteroatoms. The fourth-order valence-corrected chi connectivity index (χ4v) is 3.49. The molecule has 1 aromatic rings. The fourth-order valence-electron chi connectivity index (χ4n) is 3.49. The molecule has 1 aromatic carbocycles. The van der Waals surface area contributed by atoms with Crippen molar-refractivity contribution >= 4 is 5.96 Å². The molecule has 2 atom stereocenters. The summed E-state index contributed by atoms with van der Waals surface area (Å²) in [5, 5.41) is 6.70. The SMILES string of the molecule is CCNC(=NCCCOCC1CCOCC1)NC1CC1c1ccccc1F. The molecule has 0 bridgehead atoms. The lowest BCUT2D eigenvalue weighted by Crippen LogP contribution is -2.39. The van der Waals surface area contributed by atoms with Gasteiger partial charge in [-0.25, -0.2) is 4.39 Å². The third kappa shape index (κ3) is 6.47. The van der Waals surface area contributed by atoms with Crippen molar-refractivity contribution in [3.05, 3.63) is 35.6 Å². The minimum absolute atomic E-state index is 0.115. The van der Waals surface area contributed by atoms with Gasteiger partial charge in [0.05, 0.1) is 0 Å². The Labute approximate surface area is 161 Å². The first-order chi connectivity index (χ1) is 13.3. The minimum atomic E-state index is -0.115. The molecule has 0 aromatic heterocycles. The molecule has 1 saturated carbocycles. The van der Waals surface area contributed by atoms with E-state index in [1.807, 2.05) is 12.1 Å². The van der Waals surface area contributed by atoms with E-state index in [1.165, 1.54) is 6.07 Å². The predicted molar refractivity (Wildman–Crippen MR) is 106 cm³/mol. The summed E-state index contributed by atoms with van der Waals surface area (Å²) in [5.41, 5.74) is 0.798. The van der Waals surface area contributed by atoms with Gasteiger partial charge in [0.1, 0.15) is 5.82 Å². The van der Waals surface area contributed by atoms with Gasteiger partial charge < -0.3 is 20.1 Å². The van der Waals surface area contributed by atoms with Gasteiger partial charge in [0.25, 0.3) is 0 Å². The van der Waals surface area contributed by atoms with E-state index in [2.05, 4.69) is 22.5 Å². The fraction of sp³-hybridized carbons (Fsp3) is 0.667. The van der Waals surface area contributed by atoms with Crippen LogP contribution in [0.2, 0.25) is 0 Å². The Morgan fingerprint density at radius 2 is 2.11 bits per heavy atom. The molecule has 3 rings (SSSR count). The Morgan fingerprint density at radius 3 is 2.89 bits per heavy atom. The van der Waals surface area contributed by atoms with Gasteiger partial charge in [-0.3, -0.25) is 4.99 Å². The highest BCUT2D eigenvalue weighted by atomic mass is 19.1. The molecular formula is C21H32FN3O2. The van der Waals surface area contributed by atoms with Gasteiger partial charge in [-0.1, -0.05) is 18.2 Å². The van der Waals surface area contributed by atoms with Crippen molar-refractivity contribution in [1.82, 2.24) is 10.6 Å². The summed E-state index contributed by atoms with van der Waals surface area (Å²) in [4.78, 5) is 4.63. The van der Waals surface area contributed by atoms with Crippen molar-refractivity contribution in [2.45, 2.75) is 44.6 Å². The number of aliphatic imine (C=N–C) groups is 1. The average molecular weight is 378 g/mol. The van der Waals surface area contributed by atoms with Gasteiger partial charge in [-0.2, -0.15) is 0 Å². The van der Waals surface area contributed by atoms with Crippen LogP contribution in [0, 0.1) is 11.7 Å². The summed E-state index contributed by atoms with van der Waals surface area (Å²) >= 11 is 0. The molecule has 27 heavy (non-hydrogen) atoms. The third-order valence-corrected chi connectivity index (χ3v) is 5.17. The molecule has 2 N–H and O–H groups in total. The largest absolute Gasteiger partial charge is 0.381 e. The Morgan fingerprint density at radius 1 is 1.30 bits per heavy atom. The Hall–Kier alpha value is -1.66. The Balaban J connectivity index is 1.35. The van der Waals surface area contributed by atoms with E-state index in [1.54, 1.807) is 6.07 Å². The first-order valence-corrected chi connectivity index (χ1v) is 10.2. The van der Waals surface area contributed by atoms with E-state index in [9.17, 15) is 4.39 Å². The Bertz CT molecular complexity index is 605. The zero-order valence-corrected chi connectivity index (χ0v) is 16.3. The lowest BCUT2D eigenvalue weighted by Gasteiger charge is -2.21. The van der Waals surface area contributed by atoms with E-state index >= 15 is 0 Å². The molecule has 0 radical (unpaired) electrons. The van der Waals surface area contributed by atoms with Crippen molar-refractivity contribution in [2.75, 3.05) is 39.5 Å². The molecule has 5 nitrogen and oxygen atoms in total. The van der Waals surface area contributed by atoms with Crippen molar-refractivity contribution < 1.29 is 13.9 Å². The number of benzene rings is 1. The summed E-state index contributed by atoms with van der Waals surface area (Å²) in [7, 11) is 0. The third-order valence-electron chi connectivity index (χ3n) is 5.17. The molecule has 150 valence electrons. The highest BCUT2D eigenvalue weighted by Crippen LogP contribution is 2.41. The van der Waals surface area contributed by atoms with Gasteiger partial charge in [0.15, 0.2) is 5.96 Å². The van der Waals surface area contributed by atoms with Crippen LogP contribution < -0.4 is 10.6 Å². The van der Waals surface area contributed by atoms with Crippen LogP contribution in [0.5, 0.6) is 0 Å². The maximum absolute atomic E-state index is 13.9. The number of nitrogens with zero attached hydrogens (tertiary/aromatic N) is 1. The number of hydrogen-bond donors (Lipinski definition) is 2. The summed E-state index contributed by atoms with van der Waals surface area (Å²) in [6.45, 7) is 6.88. The normalized spacial score (nSPS) is 23.3. The number of rotatable bonds is 9. The maximum atomic E-state index is 13.9. The molecule has 2 unspecified atom stereocenters. The summed E-state index contributed by atoms with van der Waals surface area (Å²) in [6, 6.07) is 7.29. The summed E-state index contributed by atoms with van der Waals surface area (Å²) in [5.74, 6) is 1.57. The van der Waals surface area contributed by atoms with Crippen molar-refractivity contribution in [3.8, 4) is 0 Å². The molecular weight excluding hydrogens is 345 g/mol. The van der Waals surface area contributed by atoms with E-state index < -0.39 is 0 Å². The van der Waals surface area contributed by atoms with Gasteiger partial charge >= 0.3 is 0 Å². The van der Waals surface area contributed by atoms with Crippen LogP contribution in [-0.2, 0) is 9.47 Å². The van der Waals surface area contributed by atoms with Gasteiger partial charge in [-0.05, 0) is 50.2 Å². The summed E-state index contributed by atoms with van der Waals surface area (Å²) in [6.07, 6.45) is 4.06. The molecule has 0 spiro atoms. The number of hydrogen-bond acceptors (Lipinski definition) is 3. The van der Waals surface area contributed by atoms with Crippen LogP contribution in [-0.4, -0.2) is 51.5 Å². The molecule has 1 saturated heterocycles. The number of halogens is 1. The van der Waals surface area contributed by atoms with Gasteiger partial charge in [0, 0.05) is 51.5 Å². The zero-order chi connectivity index (χ0) is 18.9. The molecule has 2 fully saturated rings. The number of nitrogens with one attached hydrogen (secondary N) is 2. The molecule has 1 aliphatic heterocycles. The maximum Gasteiger partial charge on any atom is 0.191 e. The monoisotopic (exact) mass is 377 g/mol. The second kappa shape index (κ2) is 10.6. The van der Waals surface area contributed by atoms with Crippen LogP contribution in [0.3, 0.4) is 0 Å². The highest BCUT2D eigenvalue weighted by molar-refractivity contribution is 5.80. The zero-order valence-electron chi connectivity index (χ0n) is 16.3. The lowest BCUT2D eigenvalue weighted by molar-refractivity contribution is 0.0205. The first kappa shape index (κ1) is 20.1. The highest BCUT2D eigenvalue weighted by Gasteiger charge is 2.40. The molecule has 0 amide bonds. The summed E-state index contributed by atoms with van der Waals surface area (Å²) < 4.78 is 25.1. The lowest BCUT2D eigenvalue weighted by atomic mass is 10.0. The first-order valence-electron chi connectivity index (χ1n) is 10.2. The van der Waals surface area contributed by atoms with Crippen LogP contribution >= 0.6 is 0 Å². The Kier molecular flexibility index (Phi) is 7.90. The smallest absolute Gasteiger partial charge is 0.191 e. The van der Waals surface area contributed by atoms with Crippen LogP contribution in [0.25, 0.3) is 0 Å². The topological polar surface area (TPSA) is 54.9 Å². The molecule has 1 heterocycles. The van der Waals surface area contributed by atoms with Crippen molar-refractivity contribution in [3.63, 3.8) is 0 Å². The predicted octanol–water partition coefficient (Wildman–Crippen LogP) is 3.07. The van der Waals surface area contributed by atoms with Gasteiger partial charge in [0.2, 0.25) is 0 Å². The molecule has 2 aliphatic rings. The van der Waals surface area contributed by atoms with E-state index in [-0.39, 0.29) is 17.8 Å². The van der Waals surface area contributed by atoms with E-state index in [4.69, 9.17) is 9.47 Å². The van der Waals surface area contributed by atoms with Gasteiger partial charge in [-0.15, -0.1) is 0 Å². The van der Waals surface area contributed by atoms with Crippen LogP contribution in [0.15, 0.2) is 29.3 Å². The van der Waals surface area contributed by atoms with Crippen molar-refractivity contribution in [1.29, 1.82) is 0 Å². The van der Waals surface area contributed by atoms with Crippen LogP contribution in [0.4, 0.5) is 4.39 Å².